The van der Waals surface area contributed by atoms with Crippen LogP contribution >= 0.6 is 0 Å². The van der Waals surface area contributed by atoms with Crippen molar-refractivity contribution >= 4 is 22.8 Å². The van der Waals surface area contributed by atoms with Gasteiger partial charge in [-0.1, -0.05) is 18.2 Å². The third-order valence-corrected chi connectivity index (χ3v) is 5.53. The second-order valence-electron chi connectivity index (χ2n) is 8.02. The first-order valence-corrected chi connectivity index (χ1v) is 10.8. The Labute approximate surface area is 187 Å². The number of phenols is 1. The molecule has 0 bridgehead atoms. The van der Waals surface area contributed by atoms with Crippen LogP contribution in [0.5, 0.6) is 5.75 Å². The van der Waals surface area contributed by atoms with Crippen LogP contribution in [0.3, 0.4) is 0 Å². The van der Waals surface area contributed by atoms with E-state index in [-0.39, 0.29) is 18.8 Å². The van der Waals surface area contributed by atoms with E-state index in [2.05, 4.69) is 15.2 Å². The lowest BCUT2D eigenvalue weighted by Crippen LogP contribution is -2.46. The van der Waals surface area contributed by atoms with Crippen LogP contribution in [-0.2, 0) is 16.1 Å². The van der Waals surface area contributed by atoms with Gasteiger partial charge in [0.1, 0.15) is 11.3 Å². The maximum Gasteiger partial charge on any atom is 0.317 e. The van der Waals surface area contributed by atoms with Crippen LogP contribution in [0, 0.1) is 0 Å². The fourth-order valence-electron chi connectivity index (χ4n) is 3.85. The summed E-state index contributed by atoms with van der Waals surface area (Å²) in [5.41, 5.74) is 1.34. The zero-order valence-corrected chi connectivity index (χ0v) is 18.1. The van der Waals surface area contributed by atoms with Gasteiger partial charge in [0, 0.05) is 64.3 Å². The number of nitrogens with zero attached hydrogens (tertiary/aromatic N) is 4. The highest BCUT2D eigenvalue weighted by Gasteiger charge is 2.17. The Morgan fingerprint density at radius 3 is 2.03 bits per heavy atom. The molecule has 1 aliphatic heterocycles. The van der Waals surface area contributed by atoms with Crippen molar-refractivity contribution in [2.45, 2.75) is 6.54 Å². The number of aromatic nitrogens is 1. The lowest BCUT2D eigenvalue weighted by Gasteiger charge is -2.30. The molecule has 1 fully saturated rings. The van der Waals surface area contributed by atoms with Crippen LogP contribution in [0.15, 0.2) is 30.3 Å². The van der Waals surface area contributed by atoms with Gasteiger partial charge in [-0.3, -0.25) is 24.3 Å². The molecule has 174 valence electrons. The van der Waals surface area contributed by atoms with E-state index in [0.717, 1.165) is 11.1 Å². The third-order valence-electron chi connectivity index (χ3n) is 5.53. The van der Waals surface area contributed by atoms with Gasteiger partial charge in [-0.05, 0) is 12.1 Å². The van der Waals surface area contributed by atoms with Gasteiger partial charge in [0.2, 0.25) is 0 Å². The summed E-state index contributed by atoms with van der Waals surface area (Å²) in [4.78, 5) is 33.1. The van der Waals surface area contributed by atoms with Gasteiger partial charge < -0.3 is 20.6 Å². The van der Waals surface area contributed by atoms with Crippen molar-refractivity contribution in [2.24, 2.45) is 0 Å². The number of carboxylic acids is 2. The quantitative estimate of drug-likeness (QED) is 0.486. The zero-order chi connectivity index (χ0) is 22.9. The van der Waals surface area contributed by atoms with Crippen molar-refractivity contribution in [2.75, 3.05) is 65.4 Å². The Morgan fingerprint density at radius 1 is 0.844 bits per heavy atom. The van der Waals surface area contributed by atoms with Crippen molar-refractivity contribution in [3.05, 3.63) is 36.0 Å². The molecule has 32 heavy (non-hydrogen) atoms. The molecule has 0 aliphatic carbocycles. The molecule has 3 rings (SSSR count). The summed E-state index contributed by atoms with van der Waals surface area (Å²) in [7, 11) is 0. The number of para-hydroxylation sites is 1. The van der Waals surface area contributed by atoms with E-state index in [1.165, 1.54) is 0 Å². The fraction of sp³-hybridized carbons (Fsp3) is 0.500. The lowest BCUT2D eigenvalue weighted by molar-refractivity contribution is -0.139. The standard InChI is InChI=1S/C22H31N5O5/c28-19-3-1-2-17-4-5-18(24-22(17)19)14-27-12-10-25(15-20(29)30)8-6-23-7-9-26(11-13-27)16-21(31)32/h1-5,23,28H,6-16H2,(H,29,30)(H,31,32). The van der Waals surface area contributed by atoms with Crippen molar-refractivity contribution in [1.29, 1.82) is 0 Å². The minimum atomic E-state index is -0.858. The van der Waals surface area contributed by atoms with Gasteiger partial charge in [-0.2, -0.15) is 0 Å². The Balaban J connectivity index is 1.75. The average molecular weight is 446 g/mol. The second-order valence-corrected chi connectivity index (χ2v) is 8.02. The molecule has 10 nitrogen and oxygen atoms in total. The van der Waals surface area contributed by atoms with Crippen molar-refractivity contribution < 1.29 is 24.9 Å². The molecule has 1 aromatic carbocycles. The van der Waals surface area contributed by atoms with Gasteiger partial charge in [-0.25, -0.2) is 4.98 Å². The van der Waals surface area contributed by atoms with Crippen molar-refractivity contribution in [1.82, 2.24) is 25.0 Å². The minimum absolute atomic E-state index is 0.0250. The number of carboxylic acid groups (broad SMARTS) is 2. The van der Waals surface area contributed by atoms with Crippen LogP contribution in [0.4, 0.5) is 0 Å². The molecule has 1 aromatic heterocycles. The Morgan fingerprint density at radius 2 is 1.44 bits per heavy atom. The predicted octanol–water partition coefficient (Wildman–Crippen LogP) is 0.119. The van der Waals surface area contributed by atoms with Gasteiger partial charge in [0.15, 0.2) is 0 Å². The summed E-state index contributed by atoms with van der Waals surface area (Å²) >= 11 is 0. The average Bonchev–Trinajstić information content (AvgIpc) is 2.73. The van der Waals surface area contributed by atoms with Crippen molar-refractivity contribution in [3.63, 3.8) is 0 Å². The van der Waals surface area contributed by atoms with E-state index in [4.69, 9.17) is 0 Å². The molecule has 2 heterocycles. The van der Waals surface area contributed by atoms with E-state index in [1.54, 1.807) is 12.1 Å². The number of aliphatic carboxylic acids is 2. The van der Waals surface area contributed by atoms with E-state index in [9.17, 15) is 24.9 Å². The number of hydrogen-bond donors (Lipinski definition) is 4. The topological polar surface area (TPSA) is 129 Å². The van der Waals surface area contributed by atoms with Gasteiger partial charge in [0.25, 0.3) is 0 Å². The molecule has 0 unspecified atom stereocenters. The molecule has 2 aromatic rings. The molecular formula is C22H31N5O5. The summed E-state index contributed by atoms with van der Waals surface area (Å²) in [6.07, 6.45) is 0. The number of fused-ring (bicyclic) bond motifs is 1. The highest BCUT2D eigenvalue weighted by atomic mass is 16.4. The van der Waals surface area contributed by atoms with Gasteiger partial charge in [-0.15, -0.1) is 0 Å². The van der Waals surface area contributed by atoms with Crippen LogP contribution in [-0.4, -0.2) is 112 Å². The smallest absolute Gasteiger partial charge is 0.317 e. The van der Waals surface area contributed by atoms with Gasteiger partial charge >= 0.3 is 11.9 Å². The molecule has 0 radical (unpaired) electrons. The number of nitrogens with one attached hydrogen (secondary N) is 1. The number of rotatable bonds is 6. The number of aromatic hydroxyl groups is 1. The first-order chi connectivity index (χ1) is 15.4. The summed E-state index contributed by atoms with van der Waals surface area (Å²) in [6.45, 7) is 5.33. The second kappa shape index (κ2) is 11.7. The Hall–Kier alpha value is -2.79. The van der Waals surface area contributed by atoms with Gasteiger partial charge in [0.05, 0.1) is 18.8 Å². The van der Waals surface area contributed by atoms with Crippen LogP contribution in [0.2, 0.25) is 0 Å². The van der Waals surface area contributed by atoms with E-state index >= 15 is 0 Å². The largest absolute Gasteiger partial charge is 0.506 e. The molecule has 0 spiro atoms. The monoisotopic (exact) mass is 445 g/mol. The molecule has 0 atom stereocenters. The molecule has 10 heteroatoms. The first kappa shape index (κ1) is 23.9. The third kappa shape index (κ3) is 7.41. The number of benzene rings is 1. The van der Waals surface area contributed by atoms with Crippen molar-refractivity contribution in [3.8, 4) is 5.75 Å². The number of pyridine rings is 1. The number of carbonyl (C=O) groups is 2. The molecule has 1 saturated heterocycles. The van der Waals surface area contributed by atoms with Crippen LogP contribution in [0.1, 0.15) is 5.69 Å². The molecular weight excluding hydrogens is 414 g/mol. The molecule has 0 amide bonds. The highest BCUT2D eigenvalue weighted by molar-refractivity contribution is 5.84. The molecule has 4 N–H and O–H groups in total. The number of phenolic OH excluding ortho intramolecular Hbond substituents is 1. The Bertz CT molecular complexity index is 895. The summed E-state index contributed by atoms with van der Waals surface area (Å²) < 4.78 is 0. The number of hydrogen-bond acceptors (Lipinski definition) is 8. The van der Waals surface area contributed by atoms with E-state index in [1.807, 2.05) is 28.0 Å². The molecule has 1 aliphatic rings. The summed E-state index contributed by atoms with van der Waals surface area (Å²) in [5.74, 6) is -1.59. The molecule has 0 saturated carbocycles. The minimum Gasteiger partial charge on any atom is -0.506 e. The zero-order valence-electron chi connectivity index (χ0n) is 18.1. The maximum atomic E-state index is 11.2. The SMILES string of the molecule is O=C(O)CN1CCNCCN(CC(=O)O)CCN(Cc2ccc3cccc(O)c3n2)CC1. The van der Waals surface area contributed by atoms with E-state index in [0.29, 0.717) is 64.4 Å². The normalized spacial score (nSPS) is 18.1. The summed E-state index contributed by atoms with van der Waals surface area (Å²) in [6, 6.07) is 9.12. The predicted molar refractivity (Wildman–Crippen MR) is 120 cm³/mol. The van der Waals surface area contributed by atoms with Crippen LogP contribution in [0.25, 0.3) is 10.9 Å². The van der Waals surface area contributed by atoms with E-state index < -0.39 is 11.9 Å². The maximum absolute atomic E-state index is 11.2. The first-order valence-electron chi connectivity index (χ1n) is 10.8. The highest BCUT2D eigenvalue weighted by Crippen LogP contribution is 2.22. The van der Waals surface area contributed by atoms with Crippen LogP contribution < -0.4 is 5.32 Å². The Kier molecular flexibility index (Phi) is 8.74. The lowest BCUT2D eigenvalue weighted by atomic mass is 10.2. The fourth-order valence-corrected chi connectivity index (χ4v) is 3.85. The summed E-state index contributed by atoms with van der Waals surface area (Å²) in [5, 5.41) is 32.7.